The summed E-state index contributed by atoms with van der Waals surface area (Å²) in [5.74, 6) is 0.109. The van der Waals surface area contributed by atoms with Crippen LogP contribution in [0.2, 0.25) is 0 Å². The van der Waals surface area contributed by atoms with E-state index >= 15 is 0 Å². The average molecular weight is 417 g/mol. The third-order valence-corrected chi connectivity index (χ3v) is 7.14. The lowest BCUT2D eigenvalue weighted by Crippen LogP contribution is -2.32. The van der Waals surface area contributed by atoms with E-state index in [1.54, 1.807) is 12.1 Å². The SMILES string of the molecule is COc1ccc(C(=O)NC(c2ccccc2)C(C)C)cc1S(=O)(=O)N1CCCC1. The van der Waals surface area contributed by atoms with Gasteiger partial charge in [0.1, 0.15) is 10.6 Å². The zero-order chi connectivity index (χ0) is 21.0. The molecule has 0 radical (unpaired) electrons. The number of hydrogen-bond donors (Lipinski definition) is 1. The van der Waals surface area contributed by atoms with Crippen LogP contribution in [0.3, 0.4) is 0 Å². The van der Waals surface area contributed by atoms with Crippen molar-refractivity contribution >= 4 is 15.9 Å². The van der Waals surface area contributed by atoms with Crippen molar-refractivity contribution in [1.82, 2.24) is 9.62 Å². The molecule has 0 bridgehead atoms. The van der Waals surface area contributed by atoms with Crippen molar-refractivity contribution in [3.05, 3.63) is 59.7 Å². The number of hydrogen-bond acceptors (Lipinski definition) is 4. The summed E-state index contributed by atoms with van der Waals surface area (Å²) in [7, 11) is -2.27. The molecular weight excluding hydrogens is 388 g/mol. The molecule has 0 aliphatic carbocycles. The van der Waals surface area contributed by atoms with E-state index in [0.29, 0.717) is 18.7 Å². The van der Waals surface area contributed by atoms with Crippen LogP contribution in [-0.2, 0) is 10.0 Å². The lowest BCUT2D eigenvalue weighted by Gasteiger charge is -2.23. The van der Waals surface area contributed by atoms with E-state index in [1.807, 2.05) is 44.2 Å². The van der Waals surface area contributed by atoms with Crippen molar-refractivity contribution < 1.29 is 17.9 Å². The molecule has 1 aliphatic rings. The summed E-state index contributed by atoms with van der Waals surface area (Å²) in [6, 6.07) is 14.1. The summed E-state index contributed by atoms with van der Waals surface area (Å²) in [5, 5.41) is 3.05. The van der Waals surface area contributed by atoms with Crippen LogP contribution in [0.4, 0.5) is 0 Å². The van der Waals surface area contributed by atoms with Gasteiger partial charge in [-0.25, -0.2) is 8.42 Å². The largest absolute Gasteiger partial charge is 0.495 e. The third kappa shape index (κ3) is 4.62. The zero-order valence-electron chi connectivity index (χ0n) is 17.1. The monoisotopic (exact) mass is 416 g/mol. The molecule has 0 aromatic heterocycles. The van der Waals surface area contributed by atoms with Crippen molar-refractivity contribution in [1.29, 1.82) is 0 Å². The van der Waals surface area contributed by atoms with Crippen LogP contribution in [0.5, 0.6) is 5.75 Å². The molecule has 1 aliphatic heterocycles. The minimum absolute atomic E-state index is 0.0374. The minimum Gasteiger partial charge on any atom is -0.495 e. The molecule has 6 nitrogen and oxygen atoms in total. The molecule has 2 aromatic rings. The molecule has 1 heterocycles. The number of nitrogens with one attached hydrogen (secondary N) is 1. The summed E-state index contributed by atoms with van der Waals surface area (Å²) in [6.45, 7) is 5.06. The second-order valence-electron chi connectivity index (χ2n) is 7.58. The van der Waals surface area contributed by atoms with Crippen molar-refractivity contribution in [2.24, 2.45) is 5.92 Å². The fraction of sp³-hybridized carbons (Fsp3) is 0.409. The lowest BCUT2D eigenvalue weighted by molar-refractivity contribution is 0.0925. The van der Waals surface area contributed by atoms with Gasteiger partial charge in [0.25, 0.3) is 5.91 Å². The van der Waals surface area contributed by atoms with E-state index < -0.39 is 10.0 Å². The highest BCUT2D eigenvalue weighted by molar-refractivity contribution is 7.89. The quantitative estimate of drug-likeness (QED) is 0.748. The Morgan fingerprint density at radius 3 is 2.31 bits per heavy atom. The van der Waals surface area contributed by atoms with Gasteiger partial charge in [0, 0.05) is 18.7 Å². The first-order chi connectivity index (χ1) is 13.8. The fourth-order valence-electron chi connectivity index (χ4n) is 3.61. The van der Waals surface area contributed by atoms with Gasteiger partial charge in [0.15, 0.2) is 0 Å². The molecule has 1 unspecified atom stereocenters. The normalized spacial score (nSPS) is 16.0. The first-order valence-electron chi connectivity index (χ1n) is 9.88. The van der Waals surface area contributed by atoms with Gasteiger partial charge in [-0.2, -0.15) is 4.31 Å². The van der Waals surface area contributed by atoms with E-state index in [9.17, 15) is 13.2 Å². The maximum atomic E-state index is 13.1. The number of carbonyl (C=O) groups is 1. The summed E-state index contributed by atoms with van der Waals surface area (Å²) in [4.78, 5) is 13.0. The van der Waals surface area contributed by atoms with Gasteiger partial charge in [-0.1, -0.05) is 44.2 Å². The Balaban J connectivity index is 1.91. The van der Waals surface area contributed by atoms with Crippen LogP contribution in [0.25, 0.3) is 0 Å². The zero-order valence-corrected chi connectivity index (χ0v) is 17.9. The Bertz CT molecular complexity index is 952. The first-order valence-corrected chi connectivity index (χ1v) is 11.3. The Labute approximate surface area is 172 Å². The van der Waals surface area contributed by atoms with Crippen molar-refractivity contribution in [3.8, 4) is 5.75 Å². The van der Waals surface area contributed by atoms with Crippen LogP contribution in [0.15, 0.2) is 53.4 Å². The van der Waals surface area contributed by atoms with Crippen LogP contribution in [-0.4, -0.2) is 38.8 Å². The highest BCUT2D eigenvalue weighted by Gasteiger charge is 2.31. The fourth-order valence-corrected chi connectivity index (χ4v) is 5.31. The number of methoxy groups -OCH3 is 1. The minimum atomic E-state index is -3.71. The van der Waals surface area contributed by atoms with Gasteiger partial charge in [0.05, 0.1) is 13.2 Å². The molecule has 7 heteroatoms. The van der Waals surface area contributed by atoms with Gasteiger partial charge < -0.3 is 10.1 Å². The van der Waals surface area contributed by atoms with Gasteiger partial charge in [0.2, 0.25) is 10.0 Å². The molecule has 156 valence electrons. The molecule has 1 fully saturated rings. The summed E-state index contributed by atoms with van der Waals surface area (Å²) in [5.41, 5.74) is 1.31. The summed E-state index contributed by atoms with van der Waals surface area (Å²) in [6.07, 6.45) is 1.68. The summed E-state index contributed by atoms with van der Waals surface area (Å²) < 4.78 is 32.8. The smallest absolute Gasteiger partial charge is 0.251 e. The number of benzene rings is 2. The van der Waals surface area contributed by atoms with Crippen LogP contribution < -0.4 is 10.1 Å². The van der Waals surface area contributed by atoms with E-state index in [2.05, 4.69) is 5.32 Å². The number of rotatable bonds is 7. The number of sulfonamides is 1. The number of nitrogens with zero attached hydrogens (tertiary/aromatic N) is 1. The van der Waals surface area contributed by atoms with E-state index in [1.165, 1.54) is 17.5 Å². The molecule has 0 spiro atoms. The standard InChI is InChI=1S/C22H28N2O4S/c1-16(2)21(17-9-5-4-6-10-17)23-22(25)18-11-12-19(28-3)20(15-18)29(26,27)24-13-7-8-14-24/h4-6,9-12,15-16,21H,7-8,13-14H2,1-3H3,(H,23,25). The second-order valence-corrected chi connectivity index (χ2v) is 9.49. The molecule has 1 saturated heterocycles. The molecule has 1 amide bonds. The molecule has 1 atom stereocenters. The van der Waals surface area contributed by atoms with Gasteiger partial charge in [-0.3, -0.25) is 4.79 Å². The van der Waals surface area contributed by atoms with Gasteiger partial charge >= 0.3 is 0 Å². The van der Waals surface area contributed by atoms with Crippen LogP contribution in [0, 0.1) is 5.92 Å². The topological polar surface area (TPSA) is 75.7 Å². The second kappa shape index (κ2) is 8.97. The molecule has 1 N–H and O–H groups in total. The maximum absolute atomic E-state index is 13.1. The average Bonchev–Trinajstić information content (AvgIpc) is 3.27. The molecule has 29 heavy (non-hydrogen) atoms. The first kappa shape index (κ1) is 21.3. The van der Waals surface area contributed by atoms with Crippen molar-refractivity contribution in [2.75, 3.05) is 20.2 Å². The number of carbonyl (C=O) groups excluding carboxylic acids is 1. The summed E-state index contributed by atoms with van der Waals surface area (Å²) >= 11 is 0. The van der Waals surface area contributed by atoms with Gasteiger partial charge in [-0.15, -0.1) is 0 Å². The molecular formula is C22H28N2O4S. The Morgan fingerprint density at radius 1 is 1.07 bits per heavy atom. The van der Waals surface area contributed by atoms with E-state index in [0.717, 1.165) is 18.4 Å². The maximum Gasteiger partial charge on any atom is 0.251 e. The predicted molar refractivity (Wildman–Crippen MR) is 112 cm³/mol. The number of ether oxygens (including phenoxy) is 1. The van der Waals surface area contributed by atoms with E-state index in [-0.39, 0.29) is 28.5 Å². The Hall–Kier alpha value is -2.38. The third-order valence-electron chi connectivity index (χ3n) is 5.22. The number of amides is 1. The van der Waals surface area contributed by atoms with E-state index in [4.69, 9.17) is 4.74 Å². The predicted octanol–water partition coefficient (Wildman–Crippen LogP) is 3.61. The van der Waals surface area contributed by atoms with Crippen LogP contribution >= 0.6 is 0 Å². The van der Waals surface area contributed by atoms with Gasteiger partial charge in [-0.05, 0) is 42.5 Å². The Morgan fingerprint density at radius 2 is 1.72 bits per heavy atom. The molecule has 0 saturated carbocycles. The highest BCUT2D eigenvalue weighted by Crippen LogP contribution is 2.30. The lowest BCUT2D eigenvalue weighted by atomic mass is 9.95. The highest BCUT2D eigenvalue weighted by atomic mass is 32.2. The van der Waals surface area contributed by atoms with Crippen molar-refractivity contribution in [2.45, 2.75) is 37.6 Å². The van der Waals surface area contributed by atoms with Crippen molar-refractivity contribution in [3.63, 3.8) is 0 Å². The molecule has 2 aromatic carbocycles. The van der Waals surface area contributed by atoms with Crippen LogP contribution in [0.1, 0.15) is 48.7 Å². The molecule has 3 rings (SSSR count). The Kier molecular flexibility index (Phi) is 6.59.